The molecule has 9 heavy (non-hydrogen) atoms. The molecule has 0 aromatic carbocycles. The Morgan fingerprint density at radius 2 is 2.00 bits per heavy atom. The Balaban J connectivity index is 2.75. The molecule has 5 N–H and O–H groups in total. The molecule has 0 radical (unpaired) electrons. The van der Waals surface area contributed by atoms with Crippen LogP contribution in [0.4, 0.5) is 0 Å². The molecule has 56 valence electrons. The van der Waals surface area contributed by atoms with Crippen molar-refractivity contribution in [3.8, 4) is 0 Å². The summed E-state index contributed by atoms with van der Waals surface area (Å²) < 4.78 is 0. The molecular formula is C5H14N2O2. The Morgan fingerprint density at radius 1 is 1.33 bits per heavy atom. The van der Waals surface area contributed by atoms with Gasteiger partial charge in [-0.25, -0.2) is 0 Å². The average Bonchev–Trinajstić information content (AvgIpc) is 1.80. The number of nitrogens with two attached hydrogens (primary N) is 1. The first kappa shape index (κ1) is 8.84. The van der Waals surface area contributed by atoms with Gasteiger partial charge in [0.1, 0.15) is 0 Å². The minimum atomic E-state index is -1.39. The molecule has 0 aliphatic carbocycles. The van der Waals surface area contributed by atoms with E-state index < -0.39 is 6.41 Å². The lowest BCUT2D eigenvalue weighted by atomic mass is 10.3. The van der Waals surface area contributed by atoms with Gasteiger partial charge in [0.2, 0.25) is 6.41 Å². The fourth-order valence-corrected chi connectivity index (χ4v) is 0.500. The predicted octanol–water partition coefficient (Wildman–Crippen LogP) is -1.42. The highest BCUT2D eigenvalue weighted by Crippen LogP contribution is 1.81. The second-order valence-electron chi connectivity index (χ2n) is 1.82. The first-order valence-corrected chi connectivity index (χ1v) is 3.07. The van der Waals surface area contributed by atoms with Gasteiger partial charge in [0.25, 0.3) is 0 Å². The van der Waals surface area contributed by atoms with E-state index in [1.165, 1.54) is 0 Å². The van der Waals surface area contributed by atoms with Crippen molar-refractivity contribution in [1.82, 2.24) is 5.32 Å². The molecule has 4 nitrogen and oxygen atoms in total. The Morgan fingerprint density at radius 3 is 2.44 bits per heavy atom. The number of rotatable bonds is 5. The highest BCUT2D eigenvalue weighted by Gasteiger charge is 1.91. The third kappa shape index (κ3) is 7.84. The molecule has 0 fully saturated rings. The van der Waals surface area contributed by atoms with Crippen LogP contribution in [-0.4, -0.2) is 29.7 Å². The molecular weight excluding hydrogens is 120 g/mol. The number of hydrogen-bond donors (Lipinski definition) is 4. The summed E-state index contributed by atoms with van der Waals surface area (Å²) in [5, 5.41) is 19.0. The summed E-state index contributed by atoms with van der Waals surface area (Å²) in [6, 6.07) is 0. The molecule has 0 unspecified atom stereocenters. The Kier molecular flexibility index (Phi) is 5.86. The van der Waals surface area contributed by atoms with Crippen molar-refractivity contribution in [2.75, 3.05) is 13.1 Å². The van der Waals surface area contributed by atoms with Gasteiger partial charge in [-0.2, -0.15) is 0 Å². The van der Waals surface area contributed by atoms with Crippen LogP contribution in [0.25, 0.3) is 0 Å². The molecule has 0 saturated heterocycles. The zero-order valence-electron chi connectivity index (χ0n) is 5.38. The minimum absolute atomic E-state index is 0.606. The highest BCUT2D eigenvalue weighted by molar-refractivity contribution is 4.44. The topological polar surface area (TPSA) is 78.5 Å². The van der Waals surface area contributed by atoms with E-state index in [-0.39, 0.29) is 0 Å². The highest BCUT2D eigenvalue weighted by atomic mass is 16.5. The molecule has 0 aromatic rings. The third-order valence-electron chi connectivity index (χ3n) is 0.958. The van der Waals surface area contributed by atoms with Crippen LogP contribution in [-0.2, 0) is 0 Å². The third-order valence-corrected chi connectivity index (χ3v) is 0.958. The van der Waals surface area contributed by atoms with E-state index in [0.717, 1.165) is 12.8 Å². The zero-order valence-corrected chi connectivity index (χ0v) is 5.38. The quantitative estimate of drug-likeness (QED) is 0.275. The molecule has 0 aliphatic heterocycles. The summed E-state index contributed by atoms with van der Waals surface area (Å²) in [7, 11) is 0. The van der Waals surface area contributed by atoms with Gasteiger partial charge in [-0.3, -0.25) is 5.32 Å². The van der Waals surface area contributed by atoms with Crippen LogP contribution < -0.4 is 11.1 Å². The predicted molar refractivity (Wildman–Crippen MR) is 34.5 cm³/mol. The maximum Gasteiger partial charge on any atom is 0.210 e. The smallest absolute Gasteiger partial charge is 0.210 e. The molecule has 0 aliphatic rings. The van der Waals surface area contributed by atoms with Crippen molar-refractivity contribution < 1.29 is 10.2 Å². The summed E-state index contributed by atoms with van der Waals surface area (Å²) in [6.07, 6.45) is 0.413. The number of aliphatic hydroxyl groups is 2. The Bertz CT molecular complexity index is 58.9. The van der Waals surface area contributed by atoms with Crippen LogP contribution in [0.5, 0.6) is 0 Å². The molecule has 0 spiro atoms. The molecule has 0 aromatic heterocycles. The van der Waals surface area contributed by atoms with E-state index in [4.69, 9.17) is 15.9 Å². The van der Waals surface area contributed by atoms with Crippen molar-refractivity contribution in [2.24, 2.45) is 5.73 Å². The number of hydrogen-bond acceptors (Lipinski definition) is 4. The lowest BCUT2D eigenvalue weighted by molar-refractivity contribution is -0.0654. The van der Waals surface area contributed by atoms with Gasteiger partial charge in [0, 0.05) is 0 Å². The van der Waals surface area contributed by atoms with Gasteiger partial charge in [0.05, 0.1) is 0 Å². The van der Waals surface area contributed by atoms with E-state index in [1.807, 2.05) is 0 Å². The summed E-state index contributed by atoms with van der Waals surface area (Å²) in [5.74, 6) is 0. The van der Waals surface area contributed by atoms with Crippen molar-refractivity contribution in [3.63, 3.8) is 0 Å². The van der Waals surface area contributed by atoms with Gasteiger partial charge in [-0.1, -0.05) is 0 Å². The molecule has 0 atom stereocenters. The molecule has 0 amide bonds. The molecule has 0 saturated carbocycles. The molecule has 0 rings (SSSR count). The first-order valence-electron chi connectivity index (χ1n) is 3.07. The van der Waals surface area contributed by atoms with E-state index in [0.29, 0.717) is 13.1 Å². The van der Waals surface area contributed by atoms with Gasteiger partial charge in [-0.05, 0) is 25.9 Å². The van der Waals surface area contributed by atoms with Crippen LogP contribution in [0.3, 0.4) is 0 Å². The number of unbranched alkanes of at least 4 members (excludes halogenated alkanes) is 1. The van der Waals surface area contributed by atoms with E-state index in [1.54, 1.807) is 0 Å². The van der Waals surface area contributed by atoms with Crippen LogP contribution in [0.2, 0.25) is 0 Å². The number of nitrogens with one attached hydrogen (secondary N) is 1. The second-order valence-corrected chi connectivity index (χ2v) is 1.82. The van der Waals surface area contributed by atoms with Gasteiger partial charge < -0.3 is 15.9 Å². The van der Waals surface area contributed by atoms with Crippen molar-refractivity contribution in [2.45, 2.75) is 19.3 Å². The van der Waals surface area contributed by atoms with Gasteiger partial charge in [0.15, 0.2) is 0 Å². The fourth-order valence-electron chi connectivity index (χ4n) is 0.500. The van der Waals surface area contributed by atoms with Gasteiger partial charge >= 0.3 is 0 Å². The van der Waals surface area contributed by atoms with Crippen LogP contribution in [0.1, 0.15) is 12.8 Å². The summed E-state index contributed by atoms with van der Waals surface area (Å²) >= 11 is 0. The largest absolute Gasteiger partial charge is 0.356 e. The van der Waals surface area contributed by atoms with Crippen molar-refractivity contribution in [3.05, 3.63) is 0 Å². The van der Waals surface area contributed by atoms with Crippen LogP contribution in [0.15, 0.2) is 0 Å². The monoisotopic (exact) mass is 134 g/mol. The van der Waals surface area contributed by atoms with E-state index in [9.17, 15) is 0 Å². The van der Waals surface area contributed by atoms with Crippen molar-refractivity contribution in [1.29, 1.82) is 0 Å². The fraction of sp³-hybridized carbons (Fsp3) is 1.00. The lowest BCUT2D eigenvalue weighted by Gasteiger charge is -2.03. The van der Waals surface area contributed by atoms with E-state index in [2.05, 4.69) is 5.32 Å². The second kappa shape index (κ2) is 5.97. The lowest BCUT2D eigenvalue weighted by Crippen LogP contribution is -2.29. The van der Waals surface area contributed by atoms with Crippen LogP contribution >= 0.6 is 0 Å². The summed E-state index contributed by atoms with van der Waals surface area (Å²) in [5.41, 5.74) is 5.19. The maximum absolute atomic E-state index is 8.26. The van der Waals surface area contributed by atoms with Crippen molar-refractivity contribution >= 4 is 0 Å². The summed E-state index contributed by atoms with van der Waals surface area (Å²) in [4.78, 5) is 0. The summed E-state index contributed by atoms with van der Waals surface area (Å²) in [6.45, 7) is 1.26. The average molecular weight is 134 g/mol. The normalized spacial score (nSPS) is 10.7. The molecule has 4 heteroatoms. The Hall–Kier alpha value is -0.160. The SMILES string of the molecule is NCCCCNC(O)O. The van der Waals surface area contributed by atoms with Gasteiger partial charge in [-0.15, -0.1) is 0 Å². The minimum Gasteiger partial charge on any atom is -0.356 e. The molecule has 0 bridgehead atoms. The maximum atomic E-state index is 8.26. The zero-order chi connectivity index (χ0) is 7.11. The standard InChI is InChI=1S/C5H14N2O2/c6-3-1-2-4-7-5(8)9/h5,7-9H,1-4,6H2. The first-order chi connectivity index (χ1) is 4.27. The number of aliphatic hydroxyl groups excluding tert-OH is 1. The van der Waals surface area contributed by atoms with Crippen LogP contribution in [0, 0.1) is 0 Å². The van der Waals surface area contributed by atoms with E-state index >= 15 is 0 Å². The molecule has 0 heterocycles. The Labute approximate surface area is 54.7 Å².